The molecule has 1 heterocycles. The fourth-order valence-corrected chi connectivity index (χ4v) is 1.28. The largest absolute Gasteiger partial charge is 0.292 e. The summed E-state index contributed by atoms with van der Waals surface area (Å²) in [6, 6.07) is 0. The van der Waals surface area contributed by atoms with Crippen LogP contribution in [0.15, 0.2) is 18.0 Å². The van der Waals surface area contributed by atoms with Crippen molar-refractivity contribution in [2.45, 2.75) is 19.3 Å². The molecule has 64 valence electrons. The number of carbonyl (C=O) groups excluding carboxylic acids is 1. The second-order valence-corrected chi connectivity index (χ2v) is 3.00. The number of hydrogen-bond donors (Lipinski definition) is 0. The molecule has 0 radical (unpaired) electrons. The van der Waals surface area contributed by atoms with E-state index in [1.807, 2.05) is 6.08 Å². The molecule has 0 fully saturated rings. The summed E-state index contributed by atoms with van der Waals surface area (Å²) in [7, 11) is 0. The van der Waals surface area contributed by atoms with Gasteiger partial charge in [-0.25, -0.2) is 0 Å². The monoisotopic (exact) mass is 182 g/mol. The zero-order chi connectivity index (χ0) is 8.81. The molecular formula is C8H10N2OS. The highest BCUT2D eigenvalue weighted by Gasteiger charge is 2.06. The van der Waals surface area contributed by atoms with Gasteiger partial charge in [-0.05, 0) is 24.4 Å². The van der Waals surface area contributed by atoms with Crippen LogP contribution in [0.4, 0.5) is 0 Å². The Kier molecular flexibility index (Phi) is 3.60. The molecule has 12 heavy (non-hydrogen) atoms. The SMILES string of the molecule is C=CCCCC(=O)c1csnn1. The first kappa shape index (κ1) is 9.06. The van der Waals surface area contributed by atoms with E-state index in [0.29, 0.717) is 12.1 Å². The minimum absolute atomic E-state index is 0.0746. The Morgan fingerprint density at radius 3 is 3.17 bits per heavy atom. The fraction of sp³-hybridized carbons (Fsp3) is 0.375. The van der Waals surface area contributed by atoms with Gasteiger partial charge in [-0.15, -0.1) is 11.7 Å². The third kappa shape index (κ3) is 2.54. The highest BCUT2D eigenvalue weighted by Crippen LogP contribution is 2.05. The van der Waals surface area contributed by atoms with E-state index in [1.54, 1.807) is 5.38 Å². The van der Waals surface area contributed by atoms with Crippen molar-refractivity contribution in [3.8, 4) is 0 Å². The smallest absolute Gasteiger partial charge is 0.184 e. The minimum atomic E-state index is 0.0746. The molecule has 0 aliphatic carbocycles. The van der Waals surface area contributed by atoms with Crippen molar-refractivity contribution in [2.75, 3.05) is 0 Å². The van der Waals surface area contributed by atoms with Crippen LogP contribution in [-0.2, 0) is 0 Å². The quantitative estimate of drug-likeness (QED) is 0.398. The highest BCUT2D eigenvalue weighted by atomic mass is 32.1. The van der Waals surface area contributed by atoms with Crippen molar-refractivity contribution in [3.05, 3.63) is 23.7 Å². The van der Waals surface area contributed by atoms with E-state index >= 15 is 0 Å². The summed E-state index contributed by atoms with van der Waals surface area (Å²) in [6.07, 6.45) is 4.08. The maximum Gasteiger partial charge on any atom is 0.184 e. The van der Waals surface area contributed by atoms with E-state index in [1.165, 1.54) is 11.5 Å². The topological polar surface area (TPSA) is 42.9 Å². The Balaban J connectivity index is 2.34. The lowest BCUT2D eigenvalue weighted by molar-refractivity contribution is 0.0975. The average molecular weight is 182 g/mol. The molecule has 0 atom stereocenters. The molecular weight excluding hydrogens is 172 g/mol. The van der Waals surface area contributed by atoms with Crippen LogP contribution < -0.4 is 0 Å². The number of aromatic nitrogens is 2. The van der Waals surface area contributed by atoms with Gasteiger partial charge in [0.2, 0.25) is 0 Å². The maximum absolute atomic E-state index is 11.3. The first-order chi connectivity index (χ1) is 5.84. The average Bonchev–Trinajstić information content (AvgIpc) is 2.56. The lowest BCUT2D eigenvalue weighted by Gasteiger charge is -1.92. The molecule has 0 saturated heterocycles. The van der Waals surface area contributed by atoms with Gasteiger partial charge in [-0.3, -0.25) is 4.79 Å². The third-order valence-corrected chi connectivity index (χ3v) is 1.96. The normalized spacial score (nSPS) is 9.67. The van der Waals surface area contributed by atoms with Crippen LogP contribution in [0, 0.1) is 0 Å². The van der Waals surface area contributed by atoms with E-state index in [-0.39, 0.29) is 5.78 Å². The standard InChI is InChI=1S/C8H10N2OS/c1-2-3-4-5-8(11)7-6-12-10-9-7/h2,6H,1,3-5H2. The molecule has 1 aromatic rings. The summed E-state index contributed by atoms with van der Waals surface area (Å²) >= 11 is 1.21. The molecule has 0 unspecified atom stereocenters. The summed E-state index contributed by atoms with van der Waals surface area (Å²) in [5.74, 6) is 0.0746. The fourth-order valence-electron chi connectivity index (χ4n) is 0.821. The summed E-state index contributed by atoms with van der Waals surface area (Å²) in [4.78, 5) is 11.3. The first-order valence-electron chi connectivity index (χ1n) is 3.75. The third-order valence-electron chi connectivity index (χ3n) is 1.46. The van der Waals surface area contributed by atoms with Gasteiger partial charge in [0, 0.05) is 11.8 Å². The Morgan fingerprint density at radius 2 is 2.58 bits per heavy atom. The lowest BCUT2D eigenvalue weighted by atomic mass is 10.1. The lowest BCUT2D eigenvalue weighted by Crippen LogP contribution is -1.98. The second kappa shape index (κ2) is 4.77. The van der Waals surface area contributed by atoms with Crippen molar-refractivity contribution in [3.63, 3.8) is 0 Å². The molecule has 0 N–H and O–H groups in total. The van der Waals surface area contributed by atoms with E-state index in [4.69, 9.17) is 0 Å². The number of unbranched alkanes of at least 4 members (excludes halogenated alkanes) is 1. The van der Waals surface area contributed by atoms with Gasteiger partial charge in [0.25, 0.3) is 0 Å². The van der Waals surface area contributed by atoms with Gasteiger partial charge >= 0.3 is 0 Å². The number of allylic oxidation sites excluding steroid dienone is 1. The predicted octanol–water partition coefficient (Wildman–Crippen LogP) is 2.08. The van der Waals surface area contributed by atoms with Crippen molar-refractivity contribution >= 4 is 17.3 Å². The van der Waals surface area contributed by atoms with Gasteiger partial charge < -0.3 is 0 Å². The predicted molar refractivity (Wildman–Crippen MR) is 48.3 cm³/mol. The minimum Gasteiger partial charge on any atom is -0.292 e. The maximum atomic E-state index is 11.3. The molecule has 4 heteroatoms. The van der Waals surface area contributed by atoms with Crippen molar-refractivity contribution in [1.82, 2.24) is 9.59 Å². The molecule has 0 aliphatic rings. The van der Waals surface area contributed by atoms with Crippen LogP contribution >= 0.6 is 11.5 Å². The van der Waals surface area contributed by atoms with Gasteiger partial charge in [0.15, 0.2) is 5.78 Å². The molecule has 1 aromatic heterocycles. The molecule has 0 bridgehead atoms. The van der Waals surface area contributed by atoms with Gasteiger partial charge in [0.1, 0.15) is 5.69 Å². The van der Waals surface area contributed by atoms with Gasteiger partial charge in [-0.1, -0.05) is 10.6 Å². The number of rotatable bonds is 5. The zero-order valence-corrected chi connectivity index (χ0v) is 7.51. The molecule has 0 saturated carbocycles. The van der Waals surface area contributed by atoms with Crippen molar-refractivity contribution in [2.24, 2.45) is 0 Å². The summed E-state index contributed by atoms with van der Waals surface area (Å²) in [5, 5.41) is 5.36. The summed E-state index contributed by atoms with van der Waals surface area (Å²) in [6.45, 7) is 3.58. The van der Waals surface area contributed by atoms with Crippen LogP contribution in [-0.4, -0.2) is 15.4 Å². The van der Waals surface area contributed by atoms with Crippen LogP contribution in [0.25, 0.3) is 0 Å². The Labute approximate surface area is 75.3 Å². The van der Waals surface area contributed by atoms with Crippen molar-refractivity contribution < 1.29 is 4.79 Å². The highest BCUT2D eigenvalue weighted by molar-refractivity contribution is 7.03. The zero-order valence-electron chi connectivity index (χ0n) is 6.69. The molecule has 1 rings (SSSR count). The summed E-state index contributed by atoms with van der Waals surface area (Å²) in [5.41, 5.74) is 0.490. The number of Topliss-reactive ketones (excluding diaryl/α,β-unsaturated/α-hetero) is 1. The van der Waals surface area contributed by atoms with E-state index < -0.39 is 0 Å². The van der Waals surface area contributed by atoms with Gasteiger partial charge in [-0.2, -0.15) is 0 Å². The number of carbonyl (C=O) groups is 1. The summed E-state index contributed by atoms with van der Waals surface area (Å²) < 4.78 is 3.62. The second-order valence-electron chi connectivity index (χ2n) is 2.39. The van der Waals surface area contributed by atoms with E-state index in [0.717, 1.165) is 12.8 Å². The molecule has 0 aliphatic heterocycles. The van der Waals surface area contributed by atoms with Crippen LogP contribution in [0.2, 0.25) is 0 Å². The Morgan fingerprint density at radius 1 is 1.75 bits per heavy atom. The van der Waals surface area contributed by atoms with E-state index in [9.17, 15) is 4.79 Å². The van der Waals surface area contributed by atoms with E-state index in [2.05, 4.69) is 16.2 Å². The Bertz CT molecular complexity index is 256. The van der Waals surface area contributed by atoms with Crippen molar-refractivity contribution in [1.29, 1.82) is 0 Å². The van der Waals surface area contributed by atoms with Crippen LogP contribution in [0.1, 0.15) is 29.8 Å². The molecule has 3 nitrogen and oxygen atoms in total. The first-order valence-corrected chi connectivity index (χ1v) is 4.59. The molecule has 0 aromatic carbocycles. The number of hydrogen-bond acceptors (Lipinski definition) is 4. The number of nitrogens with zero attached hydrogens (tertiary/aromatic N) is 2. The van der Waals surface area contributed by atoms with Gasteiger partial charge in [0.05, 0.1) is 0 Å². The molecule has 0 amide bonds. The number of ketones is 1. The Hall–Kier alpha value is -1.03. The molecule has 0 spiro atoms. The van der Waals surface area contributed by atoms with Crippen LogP contribution in [0.5, 0.6) is 0 Å². The van der Waals surface area contributed by atoms with Crippen LogP contribution in [0.3, 0.4) is 0 Å².